The van der Waals surface area contributed by atoms with Crippen molar-refractivity contribution in [1.82, 2.24) is 19.7 Å². The molecular weight excluding hydrogens is 348 g/mol. The molecule has 5 nitrogen and oxygen atoms in total. The summed E-state index contributed by atoms with van der Waals surface area (Å²) in [6.45, 7) is 5.36. The number of ether oxygens (including phenoxy) is 1. The van der Waals surface area contributed by atoms with E-state index in [1.165, 1.54) is 0 Å². The van der Waals surface area contributed by atoms with Crippen LogP contribution in [0.15, 0.2) is 61.1 Å². The first-order valence-electron chi connectivity index (χ1n) is 9.57. The van der Waals surface area contributed by atoms with E-state index in [0.717, 1.165) is 46.3 Å². The van der Waals surface area contributed by atoms with Crippen LogP contribution in [-0.4, -0.2) is 26.9 Å². The number of rotatable bonds is 6. The molecular formula is C23H24N4O. The Bertz CT molecular complexity index is 1100. The first kappa shape index (κ1) is 18.2. The Morgan fingerprint density at radius 3 is 2.79 bits per heavy atom. The van der Waals surface area contributed by atoms with Gasteiger partial charge in [-0.05, 0) is 30.5 Å². The molecule has 0 saturated heterocycles. The third-order valence-corrected chi connectivity index (χ3v) is 4.84. The molecule has 0 amide bonds. The van der Waals surface area contributed by atoms with E-state index in [1.54, 1.807) is 7.11 Å². The Morgan fingerprint density at radius 1 is 1.07 bits per heavy atom. The highest BCUT2D eigenvalue weighted by atomic mass is 16.5. The minimum Gasteiger partial charge on any atom is -0.481 e. The lowest BCUT2D eigenvalue weighted by molar-refractivity contribution is 0.398. The third kappa shape index (κ3) is 3.74. The van der Waals surface area contributed by atoms with Gasteiger partial charge in [0.2, 0.25) is 5.88 Å². The van der Waals surface area contributed by atoms with Crippen LogP contribution in [0.25, 0.3) is 33.3 Å². The van der Waals surface area contributed by atoms with Crippen LogP contribution in [0.3, 0.4) is 0 Å². The number of nitrogens with zero attached hydrogens (tertiary/aromatic N) is 4. The smallest absolute Gasteiger partial charge is 0.213 e. The Labute approximate surface area is 165 Å². The second kappa shape index (κ2) is 7.80. The van der Waals surface area contributed by atoms with Crippen molar-refractivity contribution in [2.24, 2.45) is 5.92 Å². The standard InChI is InChI=1S/C23H24N4O/c1-16(2)10-12-27-15-19(14-25-27)20-8-9-22(28-3)26-23(20)18-7-6-17-5-4-11-24-21(17)13-18/h4-9,11,13-16H,10,12H2,1-3H3. The second-order valence-electron chi connectivity index (χ2n) is 7.34. The number of methoxy groups -OCH3 is 1. The molecule has 0 atom stereocenters. The molecule has 5 heteroatoms. The molecule has 0 N–H and O–H groups in total. The predicted molar refractivity (Wildman–Crippen MR) is 112 cm³/mol. The van der Waals surface area contributed by atoms with E-state index in [1.807, 2.05) is 35.3 Å². The number of fused-ring (bicyclic) bond motifs is 1. The predicted octanol–water partition coefficient (Wildman–Crippen LogP) is 5.22. The molecule has 4 aromatic rings. The number of hydrogen-bond acceptors (Lipinski definition) is 4. The van der Waals surface area contributed by atoms with E-state index in [4.69, 9.17) is 9.72 Å². The summed E-state index contributed by atoms with van der Waals surface area (Å²) in [5, 5.41) is 5.65. The summed E-state index contributed by atoms with van der Waals surface area (Å²) in [6, 6.07) is 14.2. The van der Waals surface area contributed by atoms with Gasteiger partial charge in [0, 0.05) is 47.1 Å². The van der Waals surface area contributed by atoms with Crippen LogP contribution in [0, 0.1) is 5.92 Å². The molecule has 4 rings (SSSR count). The van der Waals surface area contributed by atoms with Crippen molar-refractivity contribution in [2.45, 2.75) is 26.8 Å². The van der Waals surface area contributed by atoms with Gasteiger partial charge in [0.1, 0.15) is 0 Å². The number of pyridine rings is 2. The van der Waals surface area contributed by atoms with Crippen molar-refractivity contribution in [3.05, 3.63) is 61.1 Å². The summed E-state index contributed by atoms with van der Waals surface area (Å²) in [5.41, 5.74) is 4.91. The molecule has 0 aliphatic carbocycles. The maximum atomic E-state index is 5.38. The molecule has 0 aliphatic heterocycles. The van der Waals surface area contributed by atoms with Gasteiger partial charge in [-0.15, -0.1) is 0 Å². The molecule has 0 spiro atoms. The molecule has 142 valence electrons. The van der Waals surface area contributed by atoms with Gasteiger partial charge in [-0.25, -0.2) is 4.98 Å². The lowest BCUT2D eigenvalue weighted by Gasteiger charge is -2.10. The summed E-state index contributed by atoms with van der Waals surface area (Å²) in [4.78, 5) is 9.22. The van der Waals surface area contributed by atoms with Crippen LogP contribution in [0.1, 0.15) is 20.3 Å². The van der Waals surface area contributed by atoms with E-state index < -0.39 is 0 Å². The average molecular weight is 372 g/mol. The highest BCUT2D eigenvalue weighted by Crippen LogP contribution is 2.33. The van der Waals surface area contributed by atoms with Gasteiger partial charge in [0.05, 0.1) is 24.5 Å². The van der Waals surface area contributed by atoms with E-state index >= 15 is 0 Å². The number of hydrogen-bond donors (Lipinski definition) is 0. The first-order valence-corrected chi connectivity index (χ1v) is 9.57. The Hall–Kier alpha value is -3.21. The van der Waals surface area contributed by atoms with Gasteiger partial charge in [-0.1, -0.05) is 32.0 Å². The third-order valence-electron chi connectivity index (χ3n) is 4.84. The Kier molecular flexibility index (Phi) is 5.06. The summed E-state index contributed by atoms with van der Waals surface area (Å²) in [7, 11) is 1.64. The molecule has 1 aromatic carbocycles. The topological polar surface area (TPSA) is 52.8 Å². The van der Waals surface area contributed by atoms with Crippen LogP contribution < -0.4 is 4.74 Å². The highest BCUT2D eigenvalue weighted by molar-refractivity contribution is 5.87. The molecule has 0 unspecified atom stereocenters. The summed E-state index contributed by atoms with van der Waals surface area (Å²) < 4.78 is 7.38. The largest absolute Gasteiger partial charge is 0.481 e. The van der Waals surface area contributed by atoms with E-state index in [-0.39, 0.29) is 0 Å². The normalized spacial score (nSPS) is 11.3. The SMILES string of the molecule is COc1ccc(-c2cnn(CCC(C)C)c2)c(-c2ccc3cccnc3c2)n1. The summed E-state index contributed by atoms with van der Waals surface area (Å²) >= 11 is 0. The van der Waals surface area contributed by atoms with Crippen molar-refractivity contribution in [1.29, 1.82) is 0 Å². The molecule has 0 fully saturated rings. The second-order valence-corrected chi connectivity index (χ2v) is 7.34. The lowest BCUT2D eigenvalue weighted by atomic mass is 10.0. The quantitative estimate of drug-likeness (QED) is 0.466. The molecule has 3 heterocycles. The zero-order chi connectivity index (χ0) is 19.5. The summed E-state index contributed by atoms with van der Waals surface area (Å²) in [6.07, 6.45) is 6.91. The van der Waals surface area contributed by atoms with Crippen LogP contribution in [0.5, 0.6) is 5.88 Å². The summed E-state index contributed by atoms with van der Waals surface area (Å²) in [5.74, 6) is 1.24. The highest BCUT2D eigenvalue weighted by Gasteiger charge is 2.13. The van der Waals surface area contributed by atoms with E-state index in [9.17, 15) is 0 Å². The van der Waals surface area contributed by atoms with E-state index in [2.05, 4.69) is 54.4 Å². The minimum absolute atomic E-state index is 0.590. The molecule has 0 bridgehead atoms. The van der Waals surface area contributed by atoms with Crippen LogP contribution in [0.4, 0.5) is 0 Å². The molecule has 0 aliphatic rings. The van der Waals surface area contributed by atoms with Crippen molar-refractivity contribution in [3.63, 3.8) is 0 Å². The van der Waals surface area contributed by atoms with Crippen molar-refractivity contribution < 1.29 is 4.74 Å². The molecule has 3 aromatic heterocycles. The number of aryl methyl sites for hydroxylation is 1. The van der Waals surface area contributed by atoms with E-state index in [0.29, 0.717) is 11.8 Å². The zero-order valence-corrected chi connectivity index (χ0v) is 16.5. The van der Waals surface area contributed by atoms with Gasteiger partial charge < -0.3 is 4.74 Å². The molecule has 0 radical (unpaired) electrons. The Morgan fingerprint density at radius 2 is 1.96 bits per heavy atom. The Balaban J connectivity index is 1.78. The van der Waals surface area contributed by atoms with Crippen molar-refractivity contribution in [2.75, 3.05) is 7.11 Å². The molecule has 28 heavy (non-hydrogen) atoms. The van der Waals surface area contributed by atoms with Gasteiger partial charge in [-0.3, -0.25) is 9.67 Å². The van der Waals surface area contributed by atoms with Gasteiger partial charge in [-0.2, -0.15) is 5.10 Å². The van der Waals surface area contributed by atoms with Gasteiger partial charge >= 0.3 is 0 Å². The number of aromatic nitrogens is 4. The minimum atomic E-state index is 0.590. The maximum Gasteiger partial charge on any atom is 0.213 e. The van der Waals surface area contributed by atoms with Crippen LogP contribution in [-0.2, 0) is 6.54 Å². The van der Waals surface area contributed by atoms with Gasteiger partial charge in [0.15, 0.2) is 0 Å². The number of benzene rings is 1. The fourth-order valence-electron chi connectivity index (χ4n) is 3.24. The van der Waals surface area contributed by atoms with Crippen molar-refractivity contribution in [3.8, 4) is 28.3 Å². The van der Waals surface area contributed by atoms with Crippen molar-refractivity contribution >= 4 is 10.9 Å². The molecule has 0 saturated carbocycles. The fourth-order valence-corrected chi connectivity index (χ4v) is 3.24. The first-order chi connectivity index (χ1) is 13.6. The fraction of sp³-hybridized carbons (Fsp3) is 0.261. The van der Waals surface area contributed by atoms with Gasteiger partial charge in [0.25, 0.3) is 0 Å². The van der Waals surface area contributed by atoms with Crippen LogP contribution in [0.2, 0.25) is 0 Å². The lowest BCUT2D eigenvalue weighted by Crippen LogP contribution is -2.01. The van der Waals surface area contributed by atoms with Crippen LogP contribution >= 0.6 is 0 Å². The maximum absolute atomic E-state index is 5.38. The average Bonchev–Trinajstić information content (AvgIpc) is 3.20. The zero-order valence-electron chi connectivity index (χ0n) is 16.5. The monoisotopic (exact) mass is 372 g/mol.